The van der Waals surface area contributed by atoms with Crippen molar-refractivity contribution in [3.63, 3.8) is 0 Å². The molecule has 23 heavy (non-hydrogen) atoms. The molecule has 1 aromatic rings. The zero-order chi connectivity index (χ0) is 17.0. The number of aromatic nitrogens is 2. The maximum Gasteiger partial charge on any atom is 0.315 e. The molecule has 1 aliphatic heterocycles. The largest absolute Gasteiger partial charge is 0.391 e. The van der Waals surface area contributed by atoms with Gasteiger partial charge in [-0.1, -0.05) is 20.8 Å². The Bertz CT molecular complexity index is 523. The maximum atomic E-state index is 12.0. The lowest BCUT2D eigenvalue weighted by Gasteiger charge is -2.34. The molecule has 1 aliphatic rings. The Morgan fingerprint density at radius 1 is 1.52 bits per heavy atom. The van der Waals surface area contributed by atoms with E-state index in [1.165, 1.54) is 0 Å². The highest BCUT2D eigenvalue weighted by Gasteiger charge is 2.24. The molecule has 2 amide bonds. The van der Waals surface area contributed by atoms with Crippen molar-refractivity contribution in [1.29, 1.82) is 0 Å². The predicted molar refractivity (Wildman–Crippen MR) is 90.4 cm³/mol. The molecule has 0 spiro atoms. The molecule has 0 aliphatic carbocycles. The van der Waals surface area contributed by atoms with E-state index >= 15 is 0 Å². The summed E-state index contributed by atoms with van der Waals surface area (Å²) in [6.07, 6.45) is 5.27. The van der Waals surface area contributed by atoms with Crippen LogP contribution in [0.3, 0.4) is 0 Å². The van der Waals surface area contributed by atoms with Gasteiger partial charge in [0.15, 0.2) is 0 Å². The Kier molecular flexibility index (Phi) is 5.51. The summed E-state index contributed by atoms with van der Waals surface area (Å²) in [5.41, 5.74) is 0.845. The van der Waals surface area contributed by atoms with Gasteiger partial charge >= 0.3 is 6.03 Å². The number of anilines is 1. The molecule has 0 aromatic carbocycles. The van der Waals surface area contributed by atoms with E-state index < -0.39 is 6.10 Å². The Hall–Kier alpha value is -1.76. The molecule has 2 atom stereocenters. The molecule has 7 heteroatoms. The van der Waals surface area contributed by atoms with Gasteiger partial charge in [0.25, 0.3) is 0 Å². The second-order valence-corrected chi connectivity index (χ2v) is 7.39. The molecule has 130 valence electrons. The third-order valence-electron chi connectivity index (χ3n) is 4.27. The molecular weight excluding hydrogens is 294 g/mol. The van der Waals surface area contributed by atoms with E-state index in [-0.39, 0.29) is 24.0 Å². The van der Waals surface area contributed by atoms with Gasteiger partial charge in [-0.3, -0.25) is 4.68 Å². The van der Waals surface area contributed by atoms with Crippen LogP contribution in [0.4, 0.5) is 10.5 Å². The van der Waals surface area contributed by atoms with Crippen LogP contribution in [0.5, 0.6) is 0 Å². The normalized spacial score (nSPS) is 20.2. The zero-order valence-electron chi connectivity index (χ0n) is 14.5. The number of nitrogens with zero attached hydrogens (tertiary/aromatic N) is 3. The number of piperidine rings is 1. The summed E-state index contributed by atoms with van der Waals surface area (Å²) < 4.78 is 1.78. The number of amides is 2. The number of aryl methyl sites for hydroxylation is 1. The molecule has 0 saturated carbocycles. The number of hydrogen-bond donors (Lipinski definition) is 3. The van der Waals surface area contributed by atoms with Crippen LogP contribution in [0.2, 0.25) is 0 Å². The van der Waals surface area contributed by atoms with Gasteiger partial charge in [-0.15, -0.1) is 0 Å². The van der Waals surface area contributed by atoms with Crippen molar-refractivity contribution in [2.75, 3.05) is 24.5 Å². The molecule has 7 nitrogen and oxygen atoms in total. The van der Waals surface area contributed by atoms with Crippen LogP contribution in [-0.4, -0.2) is 52.7 Å². The van der Waals surface area contributed by atoms with Gasteiger partial charge in [0, 0.05) is 38.9 Å². The second-order valence-electron chi connectivity index (χ2n) is 7.39. The van der Waals surface area contributed by atoms with E-state index in [1.807, 2.05) is 40.2 Å². The topological polar surface area (TPSA) is 82.4 Å². The highest BCUT2D eigenvalue weighted by atomic mass is 16.3. The molecule has 0 bridgehead atoms. The number of aliphatic hydroxyl groups is 1. The van der Waals surface area contributed by atoms with Crippen molar-refractivity contribution in [2.45, 2.75) is 45.8 Å². The number of carbonyl (C=O) groups is 1. The van der Waals surface area contributed by atoms with Crippen LogP contribution >= 0.6 is 0 Å². The predicted octanol–water partition coefficient (Wildman–Crippen LogP) is 1.10. The number of rotatable bonds is 4. The van der Waals surface area contributed by atoms with Gasteiger partial charge < -0.3 is 20.6 Å². The van der Waals surface area contributed by atoms with Crippen molar-refractivity contribution >= 4 is 11.7 Å². The van der Waals surface area contributed by atoms with Gasteiger partial charge in [0.2, 0.25) is 0 Å². The molecule has 2 rings (SSSR count). The van der Waals surface area contributed by atoms with Crippen LogP contribution in [0.25, 0.3) is 0 Å². The molecule has 0 radical (unpaired) electrons. The minimum atomic E-state index is -0.563. The van der Waals surface area contributed by atoms with Crippen molar-refractivity contribution in [3.05, 3.63) is 12.4 Å². The van der Waals surface area contributed by atoms with E-state index in [4.69, 9.17) is 0 Å². The van der Waals surface area contributed by atoms with Crippen LogP contribution in [0.15, 0.2) is 12.4 Å². The molecule has 1 aromatic heterocycles. The fraction of sp³-hybridized carbons (Fsp3) is 0.750. The van der Waals surface area contributed by atoms with E-state index in [9.17, 15) is 9.90 Å². The summed E-state index contributed by atoms with van der Waals surface area (Å²) in [7, 11) is 1.90. The summed E-state index contributed by atoms with van der Waals surface area (Å²) in [4.78, 5) is 14.3. The Morgan fingerprint density at radius 3 is 2.87 bits per heavy atom. The third-order valence-corrected chi connectivity index (χ3v) is 4.27. The number of hydrogen-bond acceptors (Lipinski definition) is 4. The van der Waals surface area contributed by atoms with Crippen molar-refractivity contribution in [3.8, 4) is 0 Å². The van der Waals surface area contributed by atoms with Crippen molar-refractivity contribution in [2.24, 2.45) is 12.5 Å². The zero-order valence-corrected chi connectivity index (χ0v) is 14.5. The van der Waals surface area contributed by atoms with E-state index in [1.54, 1.807) is 4.68 Å². The highest BCUT2D eigenvalue weighted by molar-refractivity contribution is 5.74. The smallest absolute Gasteiger partial charge is 0.315 e. The first-order valence-electron chi connectivity index (χ1n) is 8.21. The minimum Gasteiger partial charge on any atom is -0.391 e. The lowest BCUT2D eigenvalue weighted by molar-refractivity contribution is 0.0648. The summed E-state index contributed by atoms with van der Waals surface area (Å²) >= 11 is 0. The summed E-state index contributed by atoms with van der Waals surface area (Å²) in [6, 6.07) is -0.109. The Labute approximate surface area is 138 Å². The van der Waals surface area contributed by atoms with Crippen LogP contribution in [0, 0.1) is 5.41 Å². The summed E-state index contributed by atoms with van der Waals surface area (Å²) in [5, 5.41) is 19.9. The standard InChI is InChI=1S/C16H29N5O2/c1-16(2,3)14(22)9-17-15(23)19-12-6-5-7-21(10-12)13-8-18-20(4)11-13/h8,11-12,14,22H,5-7,9-10H2,1-4H3,(H2,17,19,23). The lowest BCUT2D eigenvalue weighted by Crippen LogP contribution is -2.52. The third kappa shape index (κ3) is 5.13. The van der Waals surface area contributed by atoms with Gasteiger partial charge in [-0.25, -0.2) is 4.79 Å². The first-order valence-corrected chi connectivity index (χ1v) is 8.21. The molecular formula is C16H29N5O2. The first kappa shape index (κ1) is 17.6. The number of urea groups is 1. The van der Waals surface area contributed by atoms with E-state index in [0.717, 1.165) is 31.6 Å². The van der Waals surface area contributed by atoms with E-state index in [0.29, 0.717) is 0 Å². The highest BCUT2D eigenvalue weighted by Crippen LogP contribution is 2.19. The maximum absolute atomic E-state index is 12.0. The van der Waals surface area contributed by atoms with Crippen molar-refractivity contribution in [1.82, 2.24) is 20.4 Å². The van der Waals surface area contributed by atoms with Crippen LogP contribution in [-0.2, 0) is 7.05 Å². The average molecular weight is 323 g/mol. The Morgan fingerprint density at radius 2 is 2.26 bits per heavy atom. The first-order chi connectivity index (χ1) is 10.8. The minimum absolute atomic E-state index is 0.107. The van der Waals surface area contributed by atoms with Gasteiger partial charge in [-0.2, -0.15) is 5.10 Å². The average Bonchev–Trinajstić information content (AvgIpc) is 2.90. The lowest BCUT2D eigenvalue weighted by atomic mass is 9.89. The molecule has 2 heterocycles. The van der Waals surface area contributed by atoms with E-state index in [2.05, 4.69) is 20.6 Å². The second kappa shape index (κ2) is 7.21. The quantitative estimate of drug-likeness (QED) is 0.775. The van der Waals surface area contributed by atoms with Gasteiger partial charge in [0.1, 0.15) is 0 Å². The van der Waals surface area contributed by atoms with Crippen LogP contribution < -0.4 is 15.5 Å². The molecule has 2 unspecified atom stereocenters. The fourth-order valence-electron chi connectivity index (χ4n) is 2.63. The fourth-order valence-corrected chi connectivity index (χ4v) is 2.63. The van der Waals surface area contributed by atoms with Gasteiger partial charge in [0.05, 0.1) is 18.0 Å². The summed E-state index contributed by atoms with van der Waals surface area (Å²) in [6.45, 7) is 7.86. The van der Waals surface area contributed by atoms with Gasteiger partial charge in [-0.05, 0) is 18.3 Å². The SMILES string of the molecule is Cn1cc(N2CCCC(NC(=O)NCC(O)C(C)(C)C)C2)cn1. The monoisotopic (exact) mass is 323 g/mol. The van der Waals surface area contributed by atoms with Crippen LogP contribution in [0.1, 0.15) is 33.6 Å². The number of carbonyl (C=O) groups excluding carboxylic acids is 1. The molecule has 1 saturated heterocycles. The summed E-state index contributed by atoms with van der Waals surface area (Å²) in [5.74, 6) is 0. The number of nitrogens with one attached hydrogen (secondary N) is 2. The Balaban J connectivity index is 1.79. The molecule has 1 fully saturated rings. The number of aliphatic hydroxyl groups excluding tert-OH is 1. The van der Waals surface area contributed by atoms with Crippen molar-refractivity contribution < 1.29 is 9.90 Å². The molecule has 3 N–H and O–H groups in total.